The van der Waals surface area contributed by atoms with E-state index in [0.29, 0.717) is 23.8 Å². The Hall–Kier alpha value is 1.02. The molecule has 90 valence electrons. The molecule has 0 heterocycles. The molecule has 0 radical (unpaired) electrons. The van der Waals surface area contributed by atoms with Crippen LogP contribution in [0.3, 0.4) is 0 Å². The second kappa shape index (κ2) is 7.37. The summed E-state index contributed by atoms with van der Waals surface area (Å²) >= 11 is 15.2. The molecule has 0 aromatic rings. The summed E-state index contributed by atoms with van der Waals surface area (Å²) in [5.41, 5.74) is 0. The van der Waals surface area contributed by atoms with Crippen molar-refractivity contribution in [1.82, 2.24) is 0 Å². The van der Waals surface area contributed by atoms with E-state index in [-0.39, 0.29) is 10.9 Å². The lowest BCUT2D eigenvalue weighted by atomic mass is 9.88. The van der Waals surface area contributed by atoms with Gasteiger partial charge in [-0.1, -0.05) is 35.7 Å². The van der Waals surface area contributed by atoms with Crippen molar-refractivity contribution in [3.63, 3.8) is 0 Å². The molecule has 4 atom stereocenters. The Bertz CT molecular complexity index is 176. The Kier molecular flexibility index (Phi) is 6.92. The predicted molar refractivity (Wildman–Crippen MR) is 70.4 cm³/mol. The maximum absolute atomic E-state index is 6.04. The van der Waals surface area contributed by atoms with Crippen molar-refractivity contribution in [2.24, 2.45) is 5.92 Å². The molecule has 1 aliphatic carbocycles. The number of hydrogen-bond donors (Lipinski definition) is 0. The molecule has 4 heteroatoms. The van der Waals surface area contributed by atoms with Crippen molar-refractivity contribution in [3.05, 3.63) is 0 Å². The molecule has 0 saturated heterocycles. The minimum Gasteiger partial charge on any atom is -0.372 e. The van der Waals surface area contributed by atoms with E-state index in [1.807, 2.05) is 0 Å². The molecule has 1 rings (SSSR count). The lowest BCUT2D eigenvalue weighted by molar-refractivity contribution is -0.0440. The van der Waals surface area contributed by atoms with E-state index in [0.717, 1.165) is 6.42 Å². The summed E-state index contributed by atoms with van der Waals surface area (Å²) in [5.74, 6) is 1.70. The summed E-state index contributed by atoms with van der Waals surface area (Å²) in [7, 11) is 0. The van der Waals surface area contributed by atoms with Crippen LogP contribution in [-0.2, 0) is 4.74 Å². The molecule has 1 fully saturated rings. The van der Waals surface area contributed by atoms with E-state index in [4.69, 9.17) is 27.9 Å². The highest BCUT2D eigenvalue weighted by atomic mass is 79.9. The van der Waals surface area contributed by atoms with Gasteiger partial charge in [0, 0.05) is 11.8 Å². The summed E-state index contributed by atoms with van der Waals surface area (Å²) < 4.78 is 6.04. The van der Waals surface area contributed by atoms with Crippen LogP contribution in [0.1, 0.15) is 32.6 Å². The molecule has 1 nitrogen and oxygen atoms in total. The number of alkyl halides is 3. The first-order chi connectivity index (χ1) is 7.19. The minimum atomic E-state index is 0.0368. The topological polar surface area (TPSA) is 9.23 Å². The first-order valence-electron chi connectivity index (χ1n) is 5.60. The van der Waals surface area contributed by atoms with Gasteiger partial charge in [-0.15, -0.1) is 23.2 Å². The molecule has 0 aromatic carbocycles. The van der Waals surface area contributed by atoms with Crippen molar-refractivity contribution in [2.45, 2.75) is 49.6 Å². The standard InChI is InChI=1S/C11H19BrCl2O/c1-8-4-2-3-5-10(8)15-11(7-14)9(12)6-13/h8-11H,2-7H2,1H3. The second-order valence-electron chi connectivity index (χ2n) is 4.30. The Morgan fingerprint density at radius 1 is 1.27 bits per heavy atom. The zero-order valence-electron chi connectivity index (χ0n) is 9.09. The lowest BCUT2D eigenvalue weighted by Crippen LogP contribution is -2.36. The number of halogens is 3. The Morgan fingerprint density at radius 2 is 1.93 bits per heavy atom. The molecule has 0 aromatic heterocycles. The fourth-order valence-electron chi connectivity index (χ4n) is 2.03. The third kappa shape index (κ3) is 4.41. The maximum Gasteiger partial charge on any atom is 0.0850 e. The Balaban J connectivity index is 2.42. The average Bonchev–Trinajstić information content (AvgIpc) is 2.27. The van der Waals surface area contributed by atoms with Gasteiger partial charge in [-0.25, -0.2) is 0 Å². The first-order valence-corrected chi connectivity index (χ1v) is 7.59. The van der Waals surface area contributed by atoms with Crippen molar-refractivity contribution < 1.29 is 4.74 Å². The maximum atomic E-state index is 6.04. The number of hydrogen-bond acceptors (Lipinski definition) is 1. The van der Waals surface area contributed by atoms with E-state index in [9.17, 15) is 0 Å². The fraction of sp³-hybridized carbons (Fsp3) is 1.00. The van der Waals surface area contributed by atoms with Gasteiger partial charge in [-0.05, 0) is 18.8 Å². The molecule has 1 aliphatic rings. The van der Waals surface area contributed by atoms with Crippen molar-refractivity contribution >= 4 is 39.1 Å². The molecule has 15 heavy (non-hydrogen) atoms. The lowest BCUT2D eigenvalue weighted by Gasteiger charge is -2.33. The third-order valence-corrected chi connectivity index (χ3v) is 5.01. The SMILES string of the molecule is CC1CCCCC1OC(CCl)C(Br)CCl. The van der Waals surface area contributed by atoms with Gasteiger partial charge >= 0.3 is 0 Å². The van der Waals surface area contributed by atoms with E-state index < -0.39 is 0 Å². The average molecular weight is 318 g/mol. The highest BCUT2D eigenvalue weighted by Crippen LogP contribution is 2.28. The van der Waals surface area contributed by atoms with Crippen LogP contribution >= 0.6 is 39.1 Å². The van der Waals surface area contributed by atoms with Gasteiger partial charge < -0.3 is 4.74 Å². The minimum absolute atomic E-state index is 0.0368. The molecule has 0 bridgehead atoms. The zero-order chi connectivity index (χ0) is 11.3. The molecule has 1 saturated carbocycles. The van der Waals surface area contributed by atoms with Gasteiger partial charge in [0.15, 0.2) is 0 Å². The summed E-state index contributed by atoms with van der Waals surface area (Å²) in [4.78, 5) is 0.158. The largest absolute Gasteiger partial charge is 0.372 e. The zero-order valence-corrected chi connectivity index (χ0v) is 12.2. The molecule has 0 spiro atoms. The van der Waals surface area contributed by atoms with Crippen LogP contribution in [0.15, 0.2) is 0 Å². The van der Waals surface area contributed by atoms with E-state index in [2.05, 4.69) is 22.9 Å². The van der Waals surface area contributed by atoms with Gasteiger partial charge in [0.25, 0.3) is 0 Å². The first kappa shape index (κ1) is 14.1. The van der Waals surface area contributed by atoms with Crippen molar-refractivity contribution in [3.8, 4) is 0 Å². The third-order valence-electron chi connectivity index (χ3n) is 3.09. The quantitative estimate of drug-likeness (QED) is 0.691. The van der Waals surface area contributed by atoms with Crippen LogP contribution in [0.4, 0.5) is 0 Å². The normalized spacial score (nSPS) is 31.2. The molecule has 0 amide bonds. The van der Waals surface area contributed by atoms with Crippen molar-refractivity contribution in [2.75, 3.05) is 11.8 Å². The van der Waals surface area contributed by atoms with Crippen LogP contribution < -0.4 is 0 Å². The molecule has 4 unspecified atom stereocenters. The number of ether oxygens (including phenoxy) is 1. The monoisotopic (exact) mass is 316 g/mol. The summed E-state index contributed by atoms with van der Waals surface area (Å²) in [6.45, 7) is 2.26. The van der Waals surface area contributed by atoms with Gasteiger partial charge in [0.2, 0.25) is 0 Å². The van der Waals surface area contributed by atoms with E-state index in [1.165, 1.54) is 19.3 Å². The fourth-order valence-corrected chi connectivity index (χ4v) is 3.04. The van der Waals surface area contributed by atoms with Gasteiger partial charge in [-0.2, -0.15) is 0 Å². The highest BCUT2D eigenvalue weighted by Gasteiger charge is 2.27. The summed E-state index contributed by atoms with van der Waals surface area (Å²) in [5, 5.41) is 0. The van der Waals surface area contributed by atoms with Crippen molar-refractivity contribution in [1.29, 1.82) is 0 Å². The summed E-state index contributed by atoms with van der Waals surface area (Å²) in [6.07, 6.45) is 5.45. The van der Waals surface area contributed by atoms with Crippen LogP contribution in [0, 0.1) is 5.92 Å². The van der Waals surface area contributed by atoms with E-state index in [1.54, 1.807) is 0 Å². The Labute approximate surface area is 111 Å². The van der Waals surface area contributed by atoms with Crippen LogP contribution in [-0.4, -0.2) is 28.8 Å². The second-order valence-corrected chi connectivity index (χ2v) is 6.09. The van der Waals surface area contributed by atoms with Crippen LogP contribution in [0.25, 0.3) is 0 Å². The number of rotatable bonds is 5. The highest BCUT2D eigenvalue weighted by molar-refractivity contribution is 9.09. The molecular weight excluding hydrogens is 299 g/mol. The van der Waals surface area contributed by atoms with Gasteiger partial charge in [0.05, 0.1) is 17.0 Å². The Morgan fingerprint density at radius 3 is 2.47 bits per heavy atom. The van der Waals surface area contributed by atoms with Crippen LogP contribution in [0.2, 0.25) is 0 Å². The van der Waals surface area contributed by atoms with Gasteiger partial charge in [0.1, 0.15) is 0 Å². The molecule has 0 aliphatic heterocycles. The summed E-state index contributed by atoms with van der Waals surface area (Å²) in [6, 6.07) is 0. The molecular formula is C11H19BrCl2O. The van der Waals surface area contributed by atoms with Gasteiger partial charge in [-0.3, -0.25) is 0 Å². The predicted octanol–water partition coefficient (Wildman–Crippen LogP) is 4.19. The smallest absolute Gasteiger partial charge is 0.0850 e. The van der Waals surface area contributed by atoms with E-state index >= 15 is 0 Å². The van der Waals surface area contributed by atoms with Crippen LogP contribution in [0.5, 0.6) is 0 Å². The molecule has 0 N–H and O–H groups in total.